The monoisotopic (exact) mass is 302 g/mol. The highest BCUT2D eigenvalue weighted by atomic mass is 32.2. The summed E-state index contributed by atoms with van der Waals surface area (Å²) in [6.07, 6.45) is 1.79. The summed E-state index contributed by atoms with van der Waals surface area (Å²) in [4.78, 5) is 20.3. The lowest BCUT2D eigenvalue weighted by Gasteiger charge is -2.15. The molecular weight excluding hydrogens is 288 g/mol. The largest absolute Gasteiger partial charge is 0.618 e. The number of thioether (sulfide) groups is 1. The lowest BCUT2D eigenvalue weighted by Crippen LogP contribution is -2.40. The Kier molecular flexibility index (Phi) is 3.09. The SMILES string of the molecule is CSc1nc2n(C)c3cc(C)c(C)cc3[n+]([O-])c-2c(=O)n1. The van der Waals surface area contributed by atoms with Crippen LogP contribution in [0.15, 0.2) is 22.1 Å². The minimum atomic E-state index is -0.546. The van der Waals surface area contributed by atoms with Crippen molar-refractivity contribution in [3.05, 3.63) is 38.8 Å². The minimum Gasteiger partial charge on any atom is -0.618 e. The molecule has 3 rings (SSSR count). The molecule has 0 amide bonds. The van der Waals surface area contributed by atoms with Gasteiger partial charge >= 0.3 is 11.3 Å². The molecule has 0 fully saturated rings. The first kappa shape index (κ1) is 13.8. The quantitative estimate of drug-likeness (QED) is 0.223. The van der Waals surface area contributed by atoms with Gasteiger partial charge in [-0.1, -0.05) is 11.8 Å². The third kappa shape index (κ3) is 1.96. The van der Waals surface area contributed by atoms with Gasteiger partial charge in [-0.05, 0) is 37.3 Å². The second kappa shape index (κ2) is 4.70. The van der Waals surface area contributed by atoms with Crippen molar-refractivity contribution < 1.29 is 4.73 Å². The highest BCUT2D eigenvalue weighted by Crippen LogP contribution is 2.22. The molecule has 0 radical (unpaired) electrons. The Bertz CT molecular complexity index is 904. The maximum absolute atomic E-state index is 12.5. The van der Waals surface area contributed by atoms with Gasteiger partial charge in [0.1, 0.15) is 5.52 Å². The van der Waals surface area contributed by atoms with Crippen LogP contribution in [0.4, 0.5) is 0 Å². The topological polar surface area (TPSA) is 74.7 Å². The van der Waals surface area contributed by atoms with Crippen molar-refractivity contribution in [3.8, 4) is 11.5 Å². The summed E-state index contributed by atoms with van der Waals surface area (Å²) < 4.78 is 2.41. The fraction of sp³-hybridized carbons (Fsp3) is 0.286. The number of aryl methyl sites for hydroxylation is 3. The van der Waals surface area contributed by atoms with Gasteiger partial charge in [-0.25, -0.2) is 0 Å². The molecule has 2 aliphatic rings. The molecule has 2 heterocycles. The molecule has 1 aromatic carbocycles. The van der Waals surface area contributed by atoms with Crippen LogP contribution in [0.2, 0.25) is 0 Å². The van der Waals surface area contributed by atoms with Crippen LogP contribution in [0.25, 0.3) is 22.6 Å². The van der Waals surface area contributed by atoms with E-state index in [0.717, 1.165) is 16.6 Å². The molecule has 108 valence electrons. The number of rotatable bonds is 1. The Morgan fingerprint density at radius 1 is 1.24 bits per heavy atom. The summed E-state index contributed by atoms with van der Waals surface area (Å²) in [5, 5.41) is 12.9. The molecule has 0 saturated heterocycles. The van der Waals surface area contributed by atoms with E-state index in [1.54, 1.807) is 23.9 Å². The van der Waals surface area contributed by atoms with E-state index in [9.17, 15) is 10.0 Å². The molecule has 1 aromatic rings. The molecule has 0 N–H and O–H groups in total. The fourth-order valence-corrected chi connectivity index (χ4v) is 2.71. The summed E-state index contributed by atoms with van der Waals surface area (Å²) >= 11 is 1.28. The molecule has 0 bridgehead atoms. The summed E-state index contributed by atoms with van der Waals surface area (Å²) in [6, 6.07) is 3.73. The van der Waals surface area contributed by atoms with Gasteiger partial charge in [0.2, 0.25) is 11.3 Å². The summed E-state index contributed by atoms with van der Waals surface area (Å²) in [5.74, 6) is 0.352. The highest BCUT2D eigenvalue weighted by Gasteiger charge is 2.27. The average molecular weight is 302 g/mol. The predicted molar refractivity (Wildman–Crippen MR) is 81.6 cm³/mol. The van der Waals surface area contributed by atoms with Crippen LogP contribution in [-0.4, -0.2) is 20.8 Å². The number of nitrogens with zero attached hydrogens (tertiary/aromatic N) is 4. The normalized spacial score (nSPS) is 11.4. The molecule has 6 nitrogen and oxygen atoms in total. The first-order chi connectivity index (χ1) is 9.93. The Labute approximate surface area is 125 Å². The number of fused-ring (bicyclic) bond motifs is 2. The van der Waals surface area contributed by atoms with Crippen LogP contribution in [0, 0.1) is 19.1 Å². The maximum atomic E-state index is 12.5. The second-order valence-corrected chi connectivity index (χ2v) is 5.74. The Morgan fingerprint density at radius 2 is 1.90 bits per heavy atom. The van der Waals surface area contributed by atoms with E-state index in [4.69, 9.17) is 0 Å². The van der Waals surface area contributed by atoms with E-state index < -0.39 is 5.56 Å². The van der Waals surface area contributed by atoms with E-state index in [0.29, 0.717) is 21.2 Å². The van der Waals surface area contributed by atoms with Gasteiger partial charge in [-0.3, -0.25) is 4.79 Å². The zero-order valence-electron chi connectivity index (χ0n) is 12.2. The molecule has 0 aliphatic carbocycles. The summed E-state index contributed by atoms with van der Waals surface area (Å²) in [6.45, 7) is 3.92. The van der Waals surface area contributed by atoms with Gasteiger partial charge in [0.15, 0.2) is 5.16 Å². The third-order valence-corrected chi connectivity index (χ3v) is 4.24. The highest BCUT2D eigenvalue weighted by molar-refractivity contribution is 7.98. The van der Waals surface area contributed by atoms with Crippen LogP contribution in [-0.2, 0) is 7.05 Å². The van der Waals surface area contributed by atoms with Gasteiger partial charge in [-0.15, -0.1) is 0 Å². The van der Waals surface area contributed by atoms with Crippen LogP contribution in [0.1, 0.15) is 11.1 Å². The van der Waals surface area contributed by atoms with Crippen molar-refractivity contribution in [1.82, 2.24) is 14.5 Å². The first-order valence-corrected chi connectivity index (χ1v) is 7.61. The Hall–Kier alpha value is -2.15. The predicted octanol–water partition coefficient (Wildman–Crippen LogP) is 1.41. The van der Waals surface area contributed by atoms with Gasteiger partial charge in [-0.2, -0.15) is 14.7 Å². The molecular formula is C14H14N4O2S. The number of hydrogen-bond donors (Lipinski definition) is 0. The fourth-order valence-electron chi connectivity index (χ4n) is 2.36. The van der Waals surface area contributed by atoms with E-state index in [1.807, 2.05) is 19.9 Å². The molecule has 21 heavy (non-hydrogen) atoms. The lowest BCUT2D eigenvalue weighted by atomic mass is 10.1. The van der Waals surface area contributed by atoms with E-state index in [1.165, 1.54) is 11.8 Å². The van der Waals surface area contributed by atoms with Crippen LogP contribution in [0.5, 0.6) is 0 Å². The third-order valence-electron chi connectivity index (χ3n) is 3.69. The minimum absolute atomic E-state index is 0.0222. The molecule has 2 aliphatic heterocycles. The van der Waals surface area contributed by atoms with E-state index in [-0.39, 0.29) is 5.69 Å². The number of benzene rings is 1. The van der Waals surface area contributed by atoms with Crippen LogP contribution < -0.4 is 10.3 Å². The summed E-state index contributed by atoms with van der Waals surface area (Å²) in [5.41, 5.74) is 2.71. The molecule has 7 heteroatoms. The molecule has 0 atom stereocenters. The zero-order chi connectivity index (χ0) is 15.3. The van der Waals surface area contributed by atoms with Crippen LogP contribution >= 0.6 is 11.8 Å². The van der Waals surface area contributed by atoms with Gasteiger partial charge in [0, 0.05) is 13.1 Å². The Morgan fingerprint density at radius 3 is 2.57 bits per heavy atom. The van der Waals surface area contributed by atoms with Gasteiger partial charge < -0.3 is 9.77 Å². The van der Waals surface area contributed by atoms with Crippen molar-refractivity contribution in [2.75, 3.05) is 6.26 Å². The second-order valence-electron chi connectivity index (χ2n) is 4.97. The van der Waals surface area contributed by atoms with Gasteiger partial charge in [0.25, 0.3) is 0 Å². The average Bonchev–Trinajstić information content (AvgIpc) is 2.46. The van der Waals surface area contributed by atoms with Crippen molar-refractivity contribution in [1.29, 1.82) is 0 Å². The van der Waals surface area contributed by atoms with Crippen LogP contribution in [0.3, 0.4) is 0 Å². The first-order valence-electron chi connectivity index (χ1n) is 6.39. The molecule has 0 saturated carbocycles. The van der Waals surface area contributed by atoms with Crippen molar-refractivity contribution in [2.45, 2.75) is 19.0 Å². The molecule has 0 spiro atoms. The molecule has 0 aromatic heterocycles. The van der Waals surface area contributed by atoms with E-state index >= 15 is 0 Å². The summed E-state index contributed by atoms with van der Waals surface area (Å²) in [7, 11) is 1.80. The lowest BCUT2D eigenvalue weighted by molar-refractivity contribution is -0.566. The molecule has 0 unspecified atom stereocenters. The standard InChI is InChI=1S/C14H14N4O2S/c1-7-5-9-10(6-8(7)2)18(20)11-12(17(9)3)15-14(21-4)16-13(11)19/h5-6H,1-4H3. The maximum Gasteiger partial charge on any atom is 0.349 e. The number of aromatic nitrogens is 4. The van der Waals surface area contributed by atoms with Gasteiger partial charge in [0.05, 0.1) is 0 Å². The van der Waals surface area contributed by atoms with Crippen molar-refractivity contribution in [3.63, 3.8) is 0 Å². The Balaban J connectivity index is 2.59. The zero-order valence-corrected chi connectivity index (χ0v) is 13.0. The van der Waals surface area contributed by atoms with Crippen molar-refractivity contribution >= 4 is 22.8 Å². The smallest absolute Gasteiger partial charge is 0.349 e. The van der Waals surface area contributed by atoms with E-state index in [2.05, 4.69) is 9.97 Å². The number of hydrogen-bond acceptors (Lipinski definition) is 5. The van der Waals surface area contributed by atoms with Crippen molar-refractivity contribution in [2.24, 2.45) is 7.05 Å².